The van der Waals surface area contributed by atoms with Crippen molar-refractivity contribution in [2.45, 2.75) is 39.2 Å². The van der Waals surface area contributed by atoms with Gasteiger partial charge in [0.05, 0.1) is 0 Å². The van der Waals surface area contributed by atoms with Crippen LogP contribution in [0.3, 0.4) is 0 Å². The van der Waals surface area contributed by atoms with E-state index in [0.29, 0.717) is 24.8 Å². The van der Waals surface area contributed by atoms with Gasteiger partial charge < -0.3 is 10.0 Å². The van der Waals surface area contributed by atoms with Crippen LogP contribution in [-0.4, -0.2) is 34.5 Å². The van der Waals surface area contributed by atoms with Crippen molar-refractivity contribution in [3.8, 4) is 0 Å². The Morgan fingerprint density at radius 1 is 1.25 bits per heavy atom. The van der Waals surface area contributed by atoms with Crippen molar-refractivity contribution < 1.29 is 14.7 Å². The molecule has 2 aliphatic rings. The van der Waals surface area contributed by atoms with Crippen LogP contribution in [0, 0.1) is 17.8 Å². The van der Waals surface area contributed by atoms with E-state index in [-0.39, 0.29) is 11.8 Å². The summed E-state index contributed by atoms with van der Waals surface area (Å²) in [7, 11) is 0. The summed E-state index contributed by atoms with van der Waals surface area (Å²) in [6, 6.07) is -0.593. The number of carboxylic acid groups (broad SMARTS) is 1. The Hall–Kier alpha value is -1.06. The standard InChI is InChI=1S/C12H19NO3/c1-7-3-4-13(10(5-7)12(15)16)11(14)9-6-8(9)2/h7-10H,3-6H2,1-2H3,(H,15,16). The summed E-state index contributed by atoms with van der Waals surface area (Å²) in [5.41, 5.74) is 0. The highest BCUT2D eigenvalue weighted by Crippen LogP contribution is 2.40. The van der Waals surface area contributed by atoms with Gasteiger partial charge in [-0.15, -0.1) is 0 Å². The quantitative estimate of drug-likeness (QED) is 0.771. The van der Waals surface area contributed by atoms with Crippen molar-refractivity contribution in [2.24, 2.45) is 17.8 Å². The molecule has 0 spiro atoms. The average Bonchev–Trinajstić information content (AvgIpc) is 2.94. The lowest BCUT2D eigenvalue weighted by Gasteiger charge is -2.36. The number of rotatable bonds is 2. The number of carboxylic acids is 1. The Bertz CT molecular complexity index is 315. The van der Waals surface area contributed by atoms with Crippen LogP contribution in [0.15, 0.2) is 0 Å². The van der Waals surface area contributed by atoms with Crippen LogP contribution in [0.5, 0.6) is 0 Å². The van der Waals surface area contributed by atoms with Crippen LogP contribution in [0.4, 0.5) is 0 Å². The van der Waals surface area contributed by atoms with Crippen LogP contribution < -0.4 is 0 Å². The molecule has 2 rings (SSSR count). The largest absolute Gasteiger partial charge is 0.480 e. The Labute approximate surface area is 95.6 Å². The first kappa shape index (κ1) is 11.4. The van der Waals surface area contributed by atoms with Crippen molar-refractivity contribution in [1.82, 2.24) is 4.90 Å². The van der Waals surface area contributed by atoms with Crippen LogP contribution in [0.25, 0.3) is 0 Å². The second kappa shape index (κ2) is 4.07. The number of amides is 1. The Morgan fingerprint density at radius 2 is 1.88 bits per heavy atom. The van der Waals surface area contributed by atoms with Gasteiger partial charge in [0.15, 0.2) is 0 Å². The maximum absolute atomic E-state index is 12.1. The molecule has 1 amide bonds. The van der Waals surface area contributed by atoms with Gasteiger partial charge in [0.2, 0.25) is 5.91 Å². The van der Waals surface area contributed by atoms with Gasteiger partial charge >= 0.3 is 5.97 Å². The van der Waals surface area contributed by atoms with E-state index < -0.39 is 12.0 Å². The third kappa shape index (κ3) is 2.06. The lowest BCUT2D eigenvalue weighted by atomic mass is 9.92. The van der Waals surface area contributed by atoms with Gasteiger partial charge in [0.25, 0.3) is 0 Å². The molecule has 16 heavy (non-hydrogen) atoms. The third-order valence-electron chi connectivity index (χ3n) is 3.86. The van der Waals surface area contributed by atoms with Crippen molar-refractivity contribution >= 4 is 11.9 Å². The van der Waals surface area contributed by atoms with E-state index in [9.17, 15) is 9.59 Å². The van der Waals surface area contributed by atoms with Crippen LogP contribution in [-0.2, 0) is 9.59 Å². The second-order valence-electron chi connectivity index (χ2n) is 5.33. The van der Waals surface area contributed by atoms with Crippen molar-refractivity contribution in [2.75, 3.05) is 6.54 Å². The molecule has 4 atom stereocenters. The molecular weight excluding hydrogens is 206 g/mol. The van der Waals surface area contributed by atoms with E-state index >= 15 is 0 Å². The highest BCUT2D eigenvalue weighted by molar-refractivity contribution is 5.87. The van der Waals surface area contributed by atoms with Gasteiger partial charge in [-0.3, -0.25) is 4.79 Å². The number of hydrogen-bond acceptors (Lipinski definition) is 2. The molecule has 1 saturated heterocycles. The van der Waals surface area contributed by atoms with Crippen molar-refractivity contribution in [3.63, 3.8) is 0 Å². The highest BCUT2D eigenvalue weighted by Gasteiger charge is 2.45. The van der Waals surface area contributed by atoms with E-state index in [1.165, 1.54) is 0 Å². The van der Waals surface area contributed by atoms with Crippen LogP contribution in [0.2, 0.25) is 0 Å². The molecule has 1 N–H and O–H groups in total. The van der Waals surface area contributed by atoms with E-state index in [0.717, 1.165) is 12.8 Å². The van der Waals surface area contributed by atoms with Gasteiger partial charge in [0, 0.05) is 12.5 Å². The fourth-order valence-corrected chi connectivity index (χ4v) is 2.52. The summed E-state index contributed by atoms with van der Waals surface area (Å²) in [5.74, 6) is 0.151. The molecule has 2 fully saturated rings. The SMILES string of the molecule is CC1CCN(C(=O)C2CC2C)C(C(=O)O)C1. The maximum Gasteiger partial charge on any atom is 0.326 e. The van der Waals surface area contributed by atoms with E-state index in [1.54, 1.807) is 4.90 Å². The van der Waals surface area contributed by atoms with Gasteiger partial charge in [0.1, 0.15) is 6.04 Å². The first-order valence-electron chi connectivity index (χ1n) is 6.04. The third-order valence-corrected chi connectivity index (χ3v) is 3.86. The average molecular weight is 225 g/mol. The zero-order valence-corrected chi connectivity index (χ0v) is 9.85. The molecule has 1 saturated carbocycles. The number of likely N-dealkylation sites (tertiary alicyclic amines) is 1. The zero-order valence-electron chi connectivity index (χ0n) is 9.85. The molecule has 0 bridgehead atoms. The van der Waals surface area contributed by atoms with Crippen LogP contribution in [0.1, 0.15) is 33.1 Å². The molecule has 0 radical (unpaired) electrons. The lowest BCUT2D eigenvalue weighted by Crippen LogP contribution is -2.50. The minimum Gasteiger partial charge on any atom is -0.480 e. The van der Waals surface area contributed by atoms with Crippen LogP contribution >= 0.6 is 0 Å². The Morgan fingerprint density at radius 3 is 2.38 bits per heavy atom. The first-order valence-corrected chi connectivity index (χ1v) is 6.04. The molecule has 0 aromatic carbocycles. The van der Waals surface area contributed by atoms with Gasteiger partial charge in [-0.05, 0) is 31.1 Å². The summed E-state index contributed by atoms with van der Waals surface area (Å²) in [5, 5.41) is 9.15. The number of piperidine rings is 1. The lowest BCUT2D eigenvalue weighted by molar-refractivity contribution is -0.153. The highest BCUT2D eigenvalue weighted by atomic mass is 16.4. The van der Waals surface area contributed by atoms with Gasteiger partial charge in [-0.1, -0.05) is 13.8 Å². The zero-order chi connectivity index (χ0) is 11.9. The summed E-state index contributed by atoms with van der Waals surface area (Å²) in [4.78, 5) is 24.8. The fourth-order valence-electron chi connectivity index (χ4n) is 2.52. The molecular formula is C12H19NO3. The first-order chi connectivity index (χ1) is 7.50. The normalized spacial score (nSPS) is 38.2. The van der Waals surface area contributed by atoms with E-state index in [4.69, 9.17) is 5.11 Å². The minimum atomic E-state index is -0.854. The number of carbonyl (C=O) groups is 2. The number of nitrogens with zero attached hydrogens (tertiary/aromatic N) is 1. The fraction of sp³-hybridized carbons (Fsp3) is 0.833. The predicted molar refractivity (Wildman–Crippen MR) is 58.8 cm³/mol. The molecule has 0 aromatic rings. The number of hydrogen-bond donors (Lipinski definition) is 1. The smallest absolute Gasteiger partial charge is 0.326 e. The minimum absolute atomic E-state index is 0.0619. The Kier molecular flexibility index (Phi) is 2.91. The molecule has 0 aromatic heterocycles. The summed E-state index contributed by atoms with van der Waals surface area (Å²) < 4.78 is 0. The van der Waals surface area contributed by atoms with E-state index in [2.05, 4.69) is 6.92 Å². The van der Waals surface area contributed by atoms with E-state index in [1.807, 2.05) is 6.92 Å². The molecule has 4 unspecified atom stereocenters. The summed E-state index contributed by atoms with van der Waals surface area (Å²) in [6.07, 6.45) is 2.45. The summed E-state index contributed by atoms with van der Waals surface area (Å²) >= 11 is 0. The predicted octanol–water partition coefficient (Wildman–Crippen LogP) is 1.35. The molecule has 4 heteroatoms. The molecule has 90 valence electrons. The van der Waals surface area contributed by atoms with Crippen molar-refractivity contribution in [3.05, 3.63) is 0 Å². The maximum atomic E-state index is 12.1. The number of carbonyl (C=O) groups excluding carboxylic acids is 1. The molecule has 4 nitrogen and oxygen atoms in total. The summed E-state index contributed by atoms with van der Waals surface area (Å²) in [6.45, 7) is 4.71. The Balaban J connectivity index is 2.06. The molecule has 1 aliphatic heterocycles. The number of aliphatic carboxylic acids is 1. The van der Waals surface area contributed by atoms with Gasteiger partial charge in [-0.2, -0.15) is 0 Å². The molecule has 1 aliphatic carbocycles. The topological polar surface area (TPSA) is 57.6 Å². The van der Waals surface area contributed by atoms with Crippen molar-refractivity contribution in [1.29, 1.82) is 0 Å². The second-order valence-corrected chi connectivity index (χ2v) is 5.33. The monoisotopic (exact) mass is 225 g/mol. The molecule has 1 heterocycles. The van der Waals surface area contributed by atoms with Gasteiger partial charge in [-0.25, -0.2) is 4.79 Å².